The number of anilines is 3. The van der Waals surface area contributed by atoms with Gasteiger partial charge in [0, 0.05) is 43.2 Å². The lowest BCUT2D eigenvalue weighted by Gasteiger charge is -2.21. The number of methoxy groups -OCH3 is 2. The molecule has 4 aromatic rings. The van der Waals surface area contributed by atoms with E-state index < -0.39 is 0 Å². The molecule has 10 nitrogen and oxygen atoms in total. The van der Waals surface area contributed by atoms with Crippen molar-refractivity contribution in [3.63, 3.8) is 0 Å². The van der Waals surface area contributed by atoms with E-state index in [1.165, 1.54) is 43.3 Å². The van der Waals surface area contributed by atoms with Crippen molar-refractivity contribution < 1.29 is 14.3 Å². The summed E-state index contributed by atoms with van der Waals surface area (Å²) in [5.74, 6) is 3.15. The van der Waals surface area contributed by atoms with Crippen LogP contribution < -0.4 is 25.0 Å². The molecule has 0 aliphatic heterocycles. The summed E-state index contributed by atoms with van der Waals surface area (Å²) in [6.45, 7) is 3.39. The minimum atomic E-state index is -0.298. The number of nitrogens with one attached hydrogen (secondary N) is 2. The van der Waals surface area contributed by atoms with Crippen LogP contribution in [0.4, 0.5) is 22.1 Å². The molecular formula is C30H37N7O3. The fourth-order valence-corrected chi connectivity index (χ4v) is 5.39. The van der Waals surface area contributed by atoms with E-state index in [1.54, 1.807) is 27.3 Å². The maximum absolute atomic E-state index is 13.3. The van der Waals surface area contributed by atoms with E-state index in [2.05, 4.69) is 31.3 Å². The molecule has 2 N–H and O–H groups in total. The molecule has 2 aromatic heterocycles. The number of benzene rings is 2. The summed E-state index contributed by atoms with van der Waals surface area (Å²) in [7, 11) is 4.93. The molecule has 0 radical (unpaired) electrons. The first kappa shape index (κ1) is 27.2. The smallest absolute Gasteiger partial charge is 0.327 e. The summed E-state index contributed by atoms with van der Waals surface area (Å²) in [4.78, 5) is 23.4. The summed E-state index contributed by atoms with van der Waals surface area (Å²) in [5.41, 5.74) is 3.64. The minimum Gasteiger partial charge on any atom is -0.497 e. The molecule has 2 aromatic carbocycles. The zero-order valence-electron chi connectivity index (χ0n) is 23.6. The van der Waals surface area contributed by atoms with Gasteiger partial charge in [-0.3, -0.25) is 9.58 Å². The molecule has 0 unspecified atom stereocenters. The number of aromatic nitrogens is 4. The first-order valence-corrected chi connectivity index (χ1v) is 13.7. The molecule has 40 heavy (non-hydrogen) atoms. The Morgan fingerprint density at radius 3 is 2.67 bits per heavy atom. The zero-order valence-corrected chi connectivity index (χ0v) is 23.6. The van der Waals surface area contributed by atoms with Crippen LogP contribution in [0.1, 0.15) is 43.4 Å². The number of fused-ring (bicyclic) bond motifs is 1. The van der Waals surface area contributed by atoms with Crippen LogP contribution in [0.3, 0.4) is 0 Å². The van der Waals surface area contributed by atoms with Crippen LogP contribution in [-0.4, -0.2) is 47.0 Å². The first-order chi connectivity index (χ1) is 19.5. The minimum absolute atomic E-state index is 0.298. The number of ether oxygens (including phenoxy) is 2. The van der Waals surface area contributed by atoms with Crippen LogP contribution in [-0.2, 0) is 13.1 Å². The second-order valence-corrected chi connectivity index (χ2v) is 10.3. The standard InChI is InChI=1S/C30H37N7O3/c1-20-29-24(11-8-12-25(29)37(35-20)18-21-9-6-5-7-10-21)34-30(38)36(2)28-16-27(32-19-33-28)31-17-22-13-14-23(39-3)15-26(22)40-4/h8,11-16,19,21H,5-7,9-10,17-18H2,1-4H3,(H,34,38)(H,31,32,33). The highest BCUT2D eigenvalue weighted by Crippen LogP contribution is 2.31. The number of hydrogen-bond donors (Lipinski definition) is 2. The molecule has 0 bridgehead atoms. The van der Waals surface area contributed by atoms with Crippen molar-refractivity contribution in [1.82, 2.24) is 19.7 Å². The van der Waals surface area contributed by atoms with Crippen LogP contribution in [0.5, 0.6) is 11.5 Å². The van der Waals surface area contributed by atoms with E-state index in [1.807, 2.05) is 37.3 Å². The number of rotatable bonds is 9. The molecule has 1 saturated carbocycles. The van der Waals surface area contributed by atoms with Gasteiger partial charge in [0.1, 0.15) is 29.5 Å². The second-order valence-electron chi connectivity index (χ2n) is 10.3. The highest BCUT2D eigenvalue weighted by Gasteiger charge is 2.20. The Morgan fingerprint density at radius 1 is 1.07 bits per heavy atom. The van der Waals surface area contributed by atoms with Gasteiger partial charge in [0.2, 0.25) is 0 Å². The van der Waals surface area contributed by atoms with Crippen molar-refractivity contribution in [2.45, 2.75) is 52.1 Å². The predicted octanol–water partition coefficient (Wildman–Crippen LogP) is 6.01. The van der Waals surface area contributed by atoms with Crippen molar-refractivity contribution >= 4 is 34.3 Å². The van der Waals surface area contributed by atoms with Gasteiger partial charge in [-0.1, -0.05) is 25.3 Å². The van der Waals surface area contributed by atoms with Gasteiger partial charge in [0.05, 0.1) is 31.1 Å². The normalized spacial score (nSPS) is 13.7. The first-order valence-electron chi connectivity index (χ1n) is 13.7. The SMILES string of the molecule is COc1ccc(CNc2cc(N(C)C(=O)Nc3cccc4c3c(C)nn4CC3CCCCC3)ncn2)c(OC)c1. The third-order valence-electron chi connectivity index (χ3n) is 7.61. The summed E-state index contributed by atoms with van der Waals surface area (Å²) in [6, 6.07) is 13.1. The number of carbonyl (C=O) groups is 1. The number of urea groups is 1. The molecule has 1 fully saturated rings. The van der Waals surface area contributed by atoms with Crippen LogP contribution in [0.25, 0.3) is 10.9 Å². The Balaban J connectivity index is 1.28. The summed E-state index contributed by atoms with van der Waals surface area (Å²) in [6.07, 6.45) is 7.88. The van der Waals surface area contributed by atoms with Crippen LogP contribution in [0, 0.1) is 12.8 Å². The van der Waals surface area contributed by atoms with E-state index in [0.29, 0.717) is 29.8 Å². The molecule has 210 valence electrons. The Kier molecular flexibility index (Phi) is 8.33. The van der Waals surface area contributed by atoms with Gasteiger partial charge >= 0.3 is 6.03 Å². The monoisotopic (exact) mass is 543 g/mol. The Bertz CT molecular complexity index is 1480. The third-order valence-corrected chi connectivity index (χ3v) is 7.61. The number of aryl methyl sites for hydroxylation is 1. The predicted molar refractivity (Wildman–Crippen MR) is 157 cm³/mol. The molecule has 0 atom stereocenters. The van der Waals surface area contributed by atoms with E-state index in [-0.39, 0.29) is 6.03 Å². The zero-order chi connectivity index (χ0) is 28.1. The molecule has 2 amide bonds. The largest absolute Gasteiger partial charge is 0.497 e. The van der Waals surface area contributed by atoms with Crippen LogP contribution in [0.2, 0.25) is 0 Å². The lowest BCUT2D eigenvalue weighted by Crippen LogP contribution is -2.32. The van der Waals surface area contributed by atoms with Crippen LogP contribution in [0.15, 0.2) is 48.8 Å². The van der Waals surface area contributed by atoms with Gasteiger partial charge in [-0.05, 0) is 49.9 Å². The molecule has 2 heterocycles. The van der Waals surface area contributed by atoms with Gasteiger partial charge in [-0.25, -0.2) is 14.8 Å². The summed E-state index contributed by atoms with van der Waals surface area (Å²) in [5, 5.41) is 12.2. The van der Waals surface area contributed by atoms with Crippen LogP contribution >= 0.6 is 0 Å². The highest BCUT2D eigenvalue weighted by molar-refractivity contribution is 6.07. The van der Waals surface area contributed by atoms with Crippen molar-refractivity contribution in [2.75, 3.05) is 36.8 Å². The van der Waals surface area contributed by atoms with Crippen molar-refractivity contribution in [3.8, 4) is 11.5 Å². The van der Waals surface area contributed by atoms with Crippen molar-refractivity contribution in [2.24, 2.45) is 5.92 Å². The Labute approximate surface area is 234 Å². The summed E-state index contributed by atoms with van der Waals surface area (Å²) >= 11 is 0. The molecule has 1 aliphatic carbocycles. The average molecular weight is 544 g/mol. The van der Waals surface area contributed by atoms with E-state index in [0.717, 1.165) is 40.1 Å². The highest BCUT2D eigenvalue weighted by atomic mass is 16.5. The average Bonchev–Trinajstić information content (AvgIpc) is 3.31. The summed E-state index contributed by atoms with van der Waals surface area (Å²) < 4.78 is 12.9. The van der Waals surface area contributed by atoms with Crippen molar-refractivity contribution in [3.05, 3.63) is 60.0 Å². The van der Waals surface area contributed by atoms with Gasteiger partial charge in [-0.15, -0.1) is 0 Å². The Hall–Kier alpha value is -4.34. The van der Waals surface area contributed by atoms with Gasteiger partial charge in [0.15, 0.2) is 0 Å². The third kappa shape index (κ3) is 5.95. The quantitative estimate of drug-likeness (QED) is 0.266. The molecule has 0 spiro atoms. The number of nitrogens with zero attached hydrogens (tertiary/aromatic N) is 5. The number of amides is 2. The maximum Gasteiger partial charge on any atom is 0.327 e. The van der Waals surface area contributed by atoms with Gasteiger partial charge in [0.25, 0.3) is 0 Å². The maximum atomic E-state index is 13.3. The fraction of sp³-hybridized carbons (Fsp3) is 0.400. The molecular weight excluding hydrogens is 506 g/mol. The van der Waals surface area contributed by atoms with Gasteiger partial charge < -0.3 is 20.1 Å². The number of carbonyl (C=O) groups excluding carboxylic acids is 1. The number of hydrogen-bond acceptors (Lipinski definition) is 7. The van der Waals surface area contributed by atoms with Gasteiger partial charge in [-0.2, -0.15) is 5.10 Å². The van der Waals surface area contributed by atoms with E-state index in [4.69, 9.17) is 14.6 Å². The fourth-order valence-electron chi connectivity index (χ4n) is 5.39. The Morgan fingerprint density at radius 2 is 1.90 bits per heavy atom. The lowest BCUT2D eigenvalue weighted by atomic mass is 9.89. The molecule has 1 aliphatic rings. The van der Waals surface area contributed by atoms with E-state index >= 15 is 0 Å². The topological polar surface area (TPSA) is 106 Å². The molecule has 0 saturated heterocycles. The molecule has 10 heteroatoms. The second kappa shape index (κ2) is 12.2. The van der Waals surface area contributed by atoms with E-state index in [9.17, 15) is 4.79 Å². The molecule has 5 rings (SSSR count). The lowest BCUT2D eigenvalue weighted by molar-refractivity contribution is 0.258. The van der Waals surface area contributed by atoms with Crippen molar-refractivity contribution in [1.29, 1.82) is 0 Å².